The highest BCUT2D eigenvalue weighted by molar-refractivity contribution is 6.74. The Morgan fingerprint density at radius 3 is 1.96 bits per heavy atom. The van der Waals surface area contributed by atoms with Crippen molar-refractivity contribution in [1.82, 2.24) is 0 Å². The molecule has 1 saturated carbocycles. The van der Waals surface area contributed by atoms with E-state index in [-0.39, 0.29) is 59.1 Å². The number of allylic oxidation sites excluding steroid dienone is 4. The number of hydrogen-bond donors (Lipinski definition) is 0. The molecule has 1 saturated heterocycles. The van der Waals surface area contributed by atoms with E-state index in [0.29, 0.717) is 6.42 Å². The van der Waals surface area contributed by atoms with Crippen LogP contribution in [0.4, 0.5) is 0 Å². The second-order valence-electron chi connectivity index (χ2n) is 14.5. The molecule has 3 rings (SSSR count). The topological polar surface area (TPSA) is 61.8 Å². The lowest BCUT2D eigenvalue weighted by atomic mass is 9.66. The van der Waals surface area contributed by atoms with Gasteiger partial charge in [-0.1, -0.05) is 84.8 Å². The molecule has 7 heteroatoms. The van der Waals surface area contributed by atoms with Gasteiger partial charge in [0.05, 0.1) is 23.7 Å². The van der Waals surface area contributed by atoms with Crippen LogP contribution in [0.3, 0.4) is 0 Å². The molecule has 254 valence electrons. The van der Waals surface area contributed by atoms with Crippen molar-refractivity contribution >= 4 is 28.4 Å². The van der Waals surface area contributed by atoms with Crippen molar-refractivity contribution in [3.8, 4) is 0 Å². The van der Waals surface area contributed by atoms with Crippen LogP contribution in [0.15, 0.2) is 48.1 Å². The minimum atomic E-state index is -1.99. The molecule has 9 atom stereocenters. The molecule has 0 aromatic rings. The number of ketones is 1. The van der Waals surface area contributed by atoms with E-state index in [4.69, 9.17) is 13.6 Å². The first-order valence-electron chi connectivity index (χ1n) is 18.1. The van der Waals surface area contributed by atoms with Gasteiger partial charge in [-0.2, -0.15) is 0 Å². The van der Waals surface area contributed by atoms with E-state index >= 15 is 0 Å². The number of carbonyl (C=O) groups excluding carboxylic acids is 2. The van der Waals surface area contributed by atoms with Crippen molar-refractivity contribution in [2.45, 2.75) is 143 Å². The second-order valence-corrected chi connectivity index (χ2v) is 23.9. The summed E-state index contributed by atoms with van der Waals surface area (Å²) in [7, 11) is -3.92. The molecule has 45 heavy (non-hydrogen) atoms. The summed E-state index contributed by atoms with van der Waals surface area (Å²) >= 11 is 0. The standard InChI is InChI=1S/C38H64O5Si2/c1-13-20-29-26(10)23-31-34(30(29)24-32-35(39)27(11)33(41-38(32)40)22-21-25(8)9)37(43-45(17-5,18-6)19-7)28(12)36(31)42-44(14-2,15-3)16-4/h13,23-24,27-31,33-34,36-37H,1,8,14-22H2,2-7,9-12H3/b32-24-/t27-,28+,29+,30+,31-,33+,34-,36+,37-/m0/s1. The molecule has 0 unspecified atom stereocenters. The van der Waals surface area contributed by atoms with Crippen LogP contribution in [-0.2, 0) is 23.2 Å². The molecule has 1 aliphatic heterocycles. The predicted molar refractivity (Wildman–Crippen MR) is 192 cm³/mol. The molecule has 0 aromatic carbocycles. The van der Waals surface area contributed by atoms with Crippen molar-refractivity contribution in [2.75, 3.05) is 0 Å². The van der Waals surface area contributed by atoms with Gasteiger partial charge >= 0.3 is 5.97 Å². The fourth-order valence-electron chi connectivity index (χ4n) is 8.56. The van der Waals surface area contributed by atoms with Gasteiger partial charge in [-0.15, -0.1) is 13.2 Å². The number of rotatable bonds is 16. The van der Waals surface area contributed by atoms with Gasteiger partial charge in [0.1, 0.15) is 6.10 Å². The molecule has 0 bridgehead atoms. The van der Waals surface area contributed by atoms with Crippen LogP contribution < -0.4 is 0 Å². The van der Waals surface area contributed by atoms with E-state index in [1.165, 1.54) is 5.57 Å². The summed E-state index contributed by atoms with van der Waals surface area (Å²) < 4.78 is 20.9. The van der Waals surface area contributed by atoms with Crippen LogP contribution in [0.1, 0.15) is 88.5 Å². The Morgan fingerprint density at radius 2 is 1.47 bits per heavy atom. The molecular formula is C38H64O5Si2. The zero-order valence-corrected chi connectivity index (χ0v) is 32.2. The Kier molecular flexibility index (Phi) is 13.5. The SMILES string of the molecule is C=CC[C@@H]1C(C)=C[C@@H]2[C@H](O[Si](CC)(CC)CC)[C@@H](C)[C@H](O[Si](CC)(CC)CC)[C@H]2[C@@H]1/C=C1\C(=O)O[C@H](CCC(=C)C)[C@H](C)C1=O. The number of esters is 1. The lowest BCUT2D eigenvalue weighted by molar-refractivity contribution is -0.155. The monoisotopic (exact) mass is 656 g/mol. The molecule has 2 fully saturated rings. The Balaban J connectivity index is 2.18. The minimum absolute atomic E-state index is 0.00208. The molecule has 1 heterocycles. The van der Waals surface area contributed by atoms with Crippen molar-refractivity contribution in [3.63, 3.8) is 0 Å². The van der Waals surface area contributed by atoms with E-state index < -0.39 is 28.7 Å². The first-order valence-corrected chi connectivity index (χ1v) is 23.1. The van der Waals surface area contributed by atoms with Crippen LogP contribution in [0.5, 0.6) is 0 Å². The molecule has 0 radical (unpaired) electrons. The molecular weight excluding hydrogens is 593 g/mol. The molecule has 0 amide bonds. The Hall–Kier alpha value is -1.55. The summed E-state index contributed by atoms with van der Waals surface area (Å²) in [5.41, 5.74) is 2.55. The lowest BCUT2D eigenvalue weighted by Crippen LogP contribution is -2.46. The largest absolute Gasteiger partial charge is 0.458 e. The van der Waals surface area contributed by atoms with Crippen molar-refractivity contribution in [3.05, 3.63) is 48.1 Å². The third kappa shape index (κ3) is 7.79. The maximum absolute atomic E-state index is 13.9. The zero-order valence-electron chi connectivity index (χ0n) is 30.2. The van der Waals surface area contributed by atoms with E-state index in [1.54, 1.807) is 0 Å². The van der Waals surface area contributed by atoms with Crippen LogP contribution in [-0.4, -0.2) is 46.7 Å². The highest BCUT2D eigenvalue weighted by Gasteiger charge is 2.57. The van der Waals surface area contributed by atoms with E-state index in [1.807, 2.05) is 26.0 Å². The van der Waals surface area contributed by atoms with Crippen molar-refractivity contribution in [2.24, 2.45) is 35.5 Å². The van der Waals surface area contributed by atoms with Gasteiger partial charge in [-0.3, -0.25) is 4.79 Å². The number of ether oxygens (including phenoxy) is 1. The summed E-state index contributed by atoms with van der Waals surface area (Å²) in [6.07, 6.45) is 8.26. The molecule has 5 nitrogen and oxygen atoms in total. The molecule has 0 spiro atoms. The lowest BCUT2D eigenvalue weighted by Gasteiger charge is -2.44. The molecule has 0 N–H and O–H groups in total. The van der Waals surface area contributed by atoms with Gasteiger partial charge in [-0.05, 0) is 87.1 Å². The van der Waals surface area contributed by atoms with Gasteiger partial charge in [0.15, 0.2) is 22.4 Å². The summed E-state index contributed by atoms with van der Waals surface area (Å²) in [6.45, 7) is 30.3. The van der Waals surface area contributed by atoms with Crippen molar-refractivity contribution < 1.29 is 23.2 Å². The Morgan fingerprint density at radius 1 is 0.933 bits per heavy atom. The number of cyclic esters (lactones) is 1. The normalized spacial score (nSPS) is 33.2. The zero-order chi connectivity index (χ0) is 33.7. The molecule has 0 aromatic heterocycles. The van der Waals surface area contributed by atoms with Gasteiger partial charge in [0, 0.05) is 11.8 Å². The number of Topliss-reactive ketones (excluding diaryl/α,β-unsaturated/α-hetero) is 1. The Bertz CT molecular complexity index is 1120. The minimum Gasteiger partial charge on any atom is -0.458 e. The second kappa shape index (κ2) is 16.0. The van der Waals surface area contributed by atoms with Crippen molar-refractivity contribution in [1.29, 1.82) is 0 Å². The van der Waals surface area contributed by atoms with Crippen LogP contribution in [0.2, 0.25) is 36.3 Å². The Labute approximate surface area is 277 Å². The number of carbonyl (C=O) groups is 2. The maximum Gasteiger partial charge on any atom is 0.341 e. The third-order valence-corrected chi connectivity index (χ3v) is 21.5. The van der Waals surface area contributed by atoms with E-state index in [2.05, 4.69) is 74.6 Å². The summed E-state index contributed by atoms with van der Waals surface area (Å²) in [4.78, 5) is 27.5. The average Bonchev–Trinajstić information content (AvgIpc) is 3.27. The van der Waals surface area contributed by atoms with Crippen LogP contribution in [0.25, 0.3) is 0 Å². The number of fused-ring (bicyclic) bond motifs is 1. The van der Waals surface area contributed by atoms with Gasteiger partial charge in [-0.25, -0.2) is 4.79 Å². The first kappa shape index (κ1) is 37.9. The summed E-state index contributed by atoms with van der Waals surface area (Å²) in [5, 5.41) is 0. The smallest absolute Gasteiger partial charge is 0.341 e. The first-order chi connectivity index (χ1) is 21.3. The van der Waals surface area contributed by atoms with Gasteiger partial charge in [0.2, 0.25) is 0 Å². The number of hydrogen-bond acceptors (Lipinski definition) is 5. The molecule has 3 aliphatic rings. The van der Waals surface area contributed by atoms with Crippen LogP contribution in [0, 0.1) is 35.5 Å². The molecule has 2 aliphatic carbocycles. The maximum atomic E-state index is 13.9. The fraction of sp³-hybridized carbons (Fsp3) is 0.737. The van der Waals surface area contributed by atoms with Gasteiger partial charge in [0.25, 0.3) is 0 Å². The highest BCUT2D eigenvalue weighted by Crippen LogP contribution is 2.55. The summed E-state index contributed by atoms with van der Waals surface area (Å²) in [6, 6.07) is 6.54. The fourth-order valence-corrected chi connectivity index (χ4v) is 14.5. The predicted octanol–water partition coefficient (Wildman–Crippen LogP) is 9.83. The summed E-state index contributed by atoms with van der Waals surface area (Å²) in [5.74, 6) is -0.382. The highest BCUT2D eigenvalue weighted by atomic mass is 28.4. The average molecular weight is 657 g/mol. The van der Waals surface area contributed by atoms with E-state index in [0.717, 1.165) is 54.7 Å². The van der Waals surface area contributed by atoms with E-state index in [9.17, 15) is 9.59 Å². The van der Waals surface area contributed by atoms with Gasteiger partial charge < -0.3 is 13.6 Å². The quantitative estimate of drug-likeness (QED) is 0.0544. The third-order valence-electron chi connectivity index (χ3n) is 12.2. The van der Waals surface area contributed by atoms with Crippen LogP contribution >= 0.6 is 0 Å².